The Labute approximate surface area is 85.5 Å². The summed E-state index contributed by atoms with van der Waals surface area (Å²) in [6, 6.07) is 1.07. The first-order valence-corrected chi connectivity index (χ1v) is 4.53. The minimum absolute atomic E-state index is 0.0579. The van der Waals surface area contributed by atoms with E-state index in [0.29, 0.717) is 0 Å². The number of benzene rings is 1. The molecule has 0 unspecified atom stereocenters. The van der Waals surface area contributed by atoms with Crippen LogP contribution in [0.3, 0.4) is 0 Å². The van der Waals surface area contributed by atoms with Crippen molar-refractivity contribution >= 4 is 23.2 Å². The lowest BCUT2D eigenvalue weighted by Crippen LogP contribution is -1.99. The Bertz CT molecular complexity index is 309. The van der Waals surface area contributed by atoms with Crippen molar-refractivity contribution in [1.29, 1.82) is 0 Å². The summed E-state index contributed by atoms with van der Waals surface area (Å²) >= 11 is 11.0. The summed E-state index contributed by atoms with van der Waals surface area (Å²) < 4.78 is 26.5. The van der Waals surface area contributed by atoms with Crippen molar-refractivity contribution in [3.05, 3.63) is 33.3 Å². The summed E-state index contributed by atoms with van der Waals surface area (Å²) in [4.78, 5) is 0. The summed E-state index contributed by atoms with van der Waals surface area (Å²) in [5.41, 5.74) is -0.0579. The first-order valence-electron chi connectivity index (χ1n) is 3.78. The van der Waals surface area contributed by atoms with Gasteiger partial charge in [-0.05, 0) is 12.0 Å². The summed E-state index contributed by atoms with van der Waals surface area (Å²) in [7, 11) is 0. The second kappa shape index (κ2) is 3.81. The van der Waals surface area contributed by atoms with E-state index in [1.807, 2.05) is 0 Å². The van der Waals surface area contributed by atoms with Gasteiger partial charge in [-0.1, -0.05) is 37.0 Å². The van der Waals surface area contributed by atoms with Gasteiger partial charge in [0.25, 0.3) is 0 Å². The molecule has 0 aromatic heterocycles. The fourth-order valence-corrected chi connectivity index (χ4v) is 1.58. The van der Waals surface area contributed by atoms with Crippen LogP contribution in [0.15, 0.2) is 6.07 Å². The van der Waals surface area contributed by atoms with E-state index in [0.717, 1.165) is 6.07 Å². The normalized spacial score (nSPS) is 11.0. The Morgan fingerprint density at radius 3 is 1.77 bits per heavy atom. The van der Waals surface area contributed by atoms with Crippen LogP contribution in [0.2, 0.25) is 10.0 Å². The smallest absolute Gasteiger partial charge is 0.148 e. The Morgan fingerprint density at radius 2 is 1.46 bits per heavy atom. The van der Waals surface area contributed by atoms with Gasteiger partial charge < -0.3 is 0 Å². The van der Waals surface area contributed by atoms with E-state index >= 15 is 0 Å². The minimum atomic E-state index is -0.724. The molecule has 0 aliphatic carbocycles. The third-order valence-corrected chi connectivity index (χ3v) is 2.27. The molecule has 13 heavy (non-hydrogen) atoms. The molecular formula is C9H8Cl2F2. The molecule has 72 valence electrons. The summed E-state index contributed by atoms with van der Waals surface area (Å²) in [6.45, 7) is 3.35. The monoisotopic (exact) mass is 224 g/mol. The average Bonchev–Trinajstić information content (AvgIpc) is 2.01. The Morgan fingerprint density at radius 1 is 1.08 bits per heavy atom. The maximum atomic E-state index is 13.3. The van der Waals surface area contributed by atoms with Crippen LogP contribution in [0, 0.1) is 11.6 Å². The maximum absolute atomic E-state index is 13.3. The van der Waals surface area contributed by atoms with Gasteiger partial charge in [0.2, 0.25) is 0 Å². The van der Waals surface area contributed by atoms with Gasteiger partial charge in [-0.3, -0.25) is 0 Å². The Kier molecular flexibility index (Phi) is 3.14. The molecule has 1 aromatic carbocycles. The van der Waals surface area contributed by atoms with Crippen LogP contribution in [0.4, 0.5) is 8.78 Å². The summed E-state index contributed by atoms with van der Waals surface area (Å²) in [5.74, 6) is -1.73. The molecule has 4 heteroatoms. The second-order valence-corrected chi connectivity index (χ2v) is 3.85. The minimum Gasteiger partial charge on any atom is -0.205 e. The molecule has 0 nitrogen and oxygen atoms in total. The van der Waals surface area contributed by atoms with Gasteiger partial charge in [-0.2, -0.15) is 0 Å². The lowest BCUT2D eigenvalue weighted by atomic mass is 10.0. The van der Waals surface area contributed by atoms with Crippen LogP contribution in [0.1, 0.15) is 25.3 Å². The van der Waals surface area contributed by atoms with E-state index in [1.54, 1.807) is 13.8 Å². The largest absolute Gasteiger partial charge is 0.205 e. The lowest BCUT2D eigenvalue weighted by molar-refractivity contribution is 0.542. The number of halogens is 4. The highest BCUT2D eigenvalue weighted by Gasteiger charge is 2.18. The van der Waals surface area contributed by atoms with Gasteiger partial charge in [0.05, 0.1) is 10.0 Å². The third kappa shape index (κ3) is 1.94. The number of hydrogen-bond donors (Lipinski definition) is 0. The fraction of sp³-hybridized carbons (Fsp3) is 0.333. The van der Waals surface area contributed by atoms with Crippen LogP contribution in [-0.2, 0) is 0 Å². The van der Waals surface area contributed by atoms with Gasteiger partial charge >= 0.3 is 0 Å². The highest BCUT2D eigenvalue weighted by atomic mass is 35.5. The van der Waals surface area contributed by atoms with E-state index in [4.69, 9.17) is 23.2 Å². The second-order valence-electron chi connectivity index (χ2n) is 3.04. The molecule has 0 amide bonds. The molecule has 1 aromatic rings. The third-order valence-electron chi connectivity index (χ3n) is 1.72. The zero-order valence-electron chi connectivity index (χ0n) is 7.17. The van der Waals surface area contributed by atoms with Crippen molar-refractivity contribution in [2.24, 2.45) is 0 Å². The lowest BCUT2D eigenvalue weighted by Gasteiger charge is -2.10. The molecule has 0 radical (unpaired) electrons. The summed E-state index contributed by atoms with van der Waals surface area (Å²) in [5, 5.41) is -0.287. The molecule has 1 rings (SSSR count). The van der Waals surface area contributed by atoms with E-state index in [1.165, 1.54) is 0 Å². The predicted octanol–water partition coefficient (Wildman–Crippen LogP) is 4.40. The molecular weight excluding hydrogens is 217 g/mol. The topological polar surface area (TPSA) is 0 Å². The van der Waals surface area contributed by atoms with E-state index < -0.39 is 11.6 Å². The molecule has 0 aliphatic rings. The summed E-state index contributed by atoms with van der Waals surface area (Å²) in [6.07, 6.45) is 0. The molecule has 0 saturated carbocycles. The fourth-order valence-electron chi connectivity index (χ4n) is 1.10. The maximum Gasteiger partial charge on any atom is 0.148 e. The standard InChI is InChI=1S/C9H8Cl2F2/c1-4(2)7-8(12)5(10)3-6(11)9(7)13/h3-4H,1-2H3. The highest BCUT2D eigenvalue weighted by Crippen LogP contribution is 2.32. The molecule has 0 atom stereocenters. The number of hydrogen-bond acceptors (Lipinski definition) is 0. The van der Waals surface area contributed by atoms with Crippen molar-refractivity contribution in [2.45, 2.75) is 19.8 Å². The van der Waals surface area contributed by atoms with Crippen molar-refractivity contribution in [1.82, 2.24) is 0 Å². The average molecular weight is 225 g/mol. The zero-order valence-corrected chi connectivity index (χ0v) is 8.68. The SMILES string of the molecule is CC(C)c1c(F)c(Cl)cc(Cl)c1F. The number of rotatable bonds is 1. The molecule has 0 saturated heterocycles. The van der Waals surface area contributed by atoms with E-state index in [2.05, 4.69) is 0 Å². The van der Waals surface area contributed by atoms with Crippen LogP contribution in [0.25, 0.3) is 0 Å². The molecule has 0 heterocycles. The van der Waals surface area contributed by atoms with Gasteiger partial charge in [0.15, 0.2) is 0 Å². The molecule has 0 aliphatic heterocycles. The van der Waals surface area contributed by atoms with Crippen molar-refractivity contribution in [2.75, 3.05) is 0 Å². The van der Waals surface area contributed by atoms with Crippen LogP contribution in [-0.4, -0.2) is 0 Å². The van der Waals surface area contributed by atoms with E-state index in [9.17, 15) is 8.78 Å². The van der Waals surface area contributed by atoms with Crippen molar-refractivity contribution < 1.29 is 8.78 Å². The quantitative estimate of drug-likeness (QED) is 0.621. The Balaban J connectivity index is 3.46. The predicted molar refractivity (Wildman–Crippen MR) is 50.5 cm³/mol. The van der Waals surface area contributed by atoms with Crippen LogP contribution in [0.5, 0.6) is 0 Å². The van der Waals surface area contributed by atoms with E-state index in [-0.39, 0.29) is 21.5 Å². The molecule has 0 fully saturated rings. The van der Waals surface area contributed by atoms with Crippen LogP contribution < -0.4 is 0 Å². The first-order chi connectivity index (χ1) is 5.95. The van der Waals surface area contributed by atoms with Crippen molar-refractivity contribution in [3.8, 4) is 0 Å². The van der Waals surface area contributed by atoms with Crippen molar-refractivity contribution in [3.63, 3.8) is 0 Å². The zero-order chi connectivity index (χ0) is 10.2. The van der Waals surface area contributed by atoms with Gasteiger partial charge in [0, 0.05) is 5.56 Å². The first kappa shape index (κ1) is 10.7. The van der Waals surface area contributed by atoms with Gasteiger partial charge in [0.1, 0.15) is 11.6 Å². The molecule has 0 N–H and O–H groups in total. The molecule has 0 bridgehead atoms. The van der Waals surface area contributed by atoms with Gasteiger partial charge in [-0.25, -0.2) is 8.78 Å². The highest BCUT2D eigenvalue weighted by molar-refractivity contribution is 6.34. The Hall–Kier alpha value is -0.340. The molecule has 0 spiro atoms. The van der Waals surface area contributed by atoms with Gasteiger partial charge in [-0.15, -0.1) is 0 Å². The van der Waals surface area contributed by atoms with Crippen LogP contribution >= 0.6 is 23.2 Å².